The summed E-state index contributed by atoms with van der Waals surface area (Å²) in [5, 5.41) is 0. The molecule has 2 unspecified atom stereocenters. The molecule has 8 heteroatoms. The average molecular weight is 501 g/mol. The van der Waals surface area contributed by atoms with Crippen molar-refractivity contribution < 1.29 is 38.0 Å². The smallest absolute Gasteiger partial charge is 0.305 e. The van der Waals surface area contributed by atoms with Crippen molar-refractivity contribution in [3.8, 4) is 5.75 Å². The molecule has 196 valence electrons. The second-order valence-corrected chi connectivity index (χ2v) is 9.37. The maximum absolute atomic E-state index is 12.2. The van der Waals surface area contributed by atoms with Gasteiger partial charge in [0.05, 0.1) is 33.0 Å². The lowest BCUT2D eigenvalue weighted by molar-refractivity contribution is -0.235. The van der Waals surface area contributed by atoms with Crippen LogP contribution >= 0.6 is 0 Å². The first-order valence-electron chi connectivity index (χ1n) is 12.5. The number of carbonyl (C=O) groups excluding carboxylic acids is 1. The Morgan fingerprint density at radius 2 is 1.72 bits per heavy atom. The summed E-state index contributed by atoms with van der Waals surface area (Å²) in [6.45, 7) is 6.57. The van der Waals surface area contributed by atoms with Crippen molar-refractivity contribution in [3.63, 3.8) is 0 Å². The summed E-state index contributed by atoms with van der Waals surface area (Å²) < 4.78 is 41.6. The maximum atomic E-state index is 12.2. The van der Waals surface area contributed by atoms with E-state index >= 15 is 0 Å². The van der Waals surface area contributed by atoms with Crippen molar-refractivity contribution in [2.24, 2.45) is 0 Å². The Labute approximate surface area is 212 Å². The number of carbonyl (C=O) groups is 1. The zero-order valence-corrected chi connectivity index (χ0v) is 21.4. The number of rotatable bonds is 12. The van der Waals surface area contributed by atoms with E-state index in [4.69, 9.17) is 33.2 Å². The summed E-state index contributed by atoms with van der Waals surface area (Å²) in [7, 11) is 1.64. The molecule has 2 fully saturated rings. The predicted octanol–water partition coefficient (Wildman–Crippen LogP) is 4.39. The van der Waals surface area contributed by atoms with Gasteiger partial charge in [-0.2, -0.15) is 0 Å². The minimum absolute atomic E-state index is 0.209. The van der Waals surface area contributed by atoms with Crippen LogP contribution in [0.4, 0.5) is 0 Å². The van der Waals surface area contributed by atoms with Gasteiger partial charge < -0.3 is 33.2 Å². The Bertz CT molecular complexity index is 961. The fourth-order valence-corrected chi connectivity index (χ4v) is 4.52. The van der Waals surface area contributed by atoms with E-state index in [1.807, 2.05) is 68.4 Å². The van der Waals surface area contributed by atoms with Gasteiger partial charge in [-0.05, 0) is 50.5 Å². The van der Waals surface area contributed by atoms with Crippen molar-refractivity contribution in [1.29, 1.82) is 0 Å². The highest BCUT2D eigenvalue weighted by molar-refractivity contribution is 5.69. The fraction of sp³-hybridized carbons (Fsp3) is 0.536. The highest BCUT2D eigenvalue weighted by Crippen LogP contribution is 2.41. The molecule has 2 aromatic rings. The number of fused-ring (bicyclic) bond motifs is 1. The lowest BCUT2D eigenvalue weighted by atomic mass is 10.0. The topological polar surface area (TPSA) is 81.7 Å². The van der Waals surface area contributed by atoms with Crippen LogP contribution in [0.1, 0.15) is 44.7 Å². The molecule has 4 rings (SSSR count). The molecule has 0 aromatic heterocycles. The van der Waals surface area contributed by atoms with Crippen molar-refractivity contribution in [2.45, 2.75) is 83.3 Å². The third kappa shape index (κ3) is 6.83. The Morgan fingerprint density at radius 1 is 1.00 bits per heavy atom. The maximum Gasteiger partial charge on any atom is 0.305 e. The highest BCUT2D eigenvalue weighted by atomic mass is 16.8. The van der Waals surface area contributed by atoms with E-state index in [0.717, 1.165) is 16.9 Å². The van der Waals surface area contributed by atoms with Gasteiger partial charge in [0.1, 0.15) is 24.1 Å². The highest BCUT2D eigenvalue weighted by Gasteiger charge is 2.57. The van der Waals surface area contributed by atoms with Crippen LogP contribution in [0.5, 0.6) is 5.75 Å². The number of hydrogen-bond acceptors (Lipinski definition) is 8. The Hall–Kier alpha value is -2.49. The molecule has 8 nitrogen and oxygen atoms in total. The summed E-state index contributed by atoms with van der Waals surface area (Å²) in [6.07, 6.45) is -1.77. The molecule has 0 N–H and O–H groups in total. The van der Waals surface area contributed by atoms with Crippen LogP contribution in [0.3, 0.4) is 0 Å². The first kappa shape index (κ1) is 26.6. The molecule has 2 saturated heterocycles. The second-order valence-electron chi connectivity index (χ2n) is 9.37. The molecule has 2 aliphatic heterocycles. The van der Waals surface area contributed by atoms with Gasteiger partial charge in [0.15, 0.2) is 12.1 Å². The van der Waals surface area contributed by atoms with Crippen molar-refractivity contribution in [2.75, 3.05) is 13.7 Å². The molecule has 0 spiro atoms. The van der Waals surface area contributed by atoms with Gasteiger partial charge in [-0.15, -0.1) is 0 Å². The minimum Gasteiger partial charge on any atom is -0.497 e. The number of hydrogen-bond donors (Lipinski definition) is 0. The van der Waals surface area contributed by atoms with Gasteiger partial charge in [-0.25, -0.2) is 0 Å². The zero-order chi connectivity index (χ0) is 25.5. The lowest BCUT2D eigenvalue weighted by Gasteiger charge is -2.31. The number of esters is 1. The van der Waals surface area contributed by atoms with Gasteiger partial charge >= 0.3 is 5.97 Å². The van der Waals surface area contributed by atoms with Crippen LogP contribution in [0.25, 0.3) is 0 Å². The fourth-order valence-electron chi connectivity index (χ4n) is 4.52. The number of ether oxygens (including phenoxy) is 7. The van der Waals surface area contributed by atoms with Crippen molar-refractivity contribution in [3.05, 3.63) is 65.7 Å². The third-order valence-corrected chi connectivity index (χ3v) is 6.24. The van der Waals surface area contributed by atoms with Crippen molar-refractivity contribution >= 4 is 5.97 Å². The molecule has 2 heterocycles. The molecule has 0 radical (unpaired) electrons. The first-order valence-corrected chi connectivity index (χ1v) is 12.5. The zero-order valence-electron chi connectivity index (χ0n) is 21.4. The third-order valence-electron chi connectivity index (χ3n) is 6.24. The quantitative estimate of drug-likeness (QED) is 0.397. The molecule has 36 heavy (non-hydrogen) atoms. The Morgan fingerprint density at radius 3 is 2.42 bits per heavy atom. The molecular weight excluding hydrogens is 464 g/mol. The summed E-state index contributed by atoms with van der Waals surface area (Å²) >= 11 is 0. The van der Waals surface area contributed by atoms with E-state index in [2.05, 4.69) is 0 Å². The number of benzene rings is 2. The molecule has 0 aliphatic carbocycles. The van der Waals surface area contributed by atoms with Gasteiger partial charge in [0.2, 0.25) is 0 Å². The van der Waals surface area contributed by atoms with Gasteiger partial charge in [-0.1, -0.05) is 42.5 Å². The SMILES string of the molecule is CCOC(=O)CC[C@@H](OCc1ccccc1)[C@H]1O[C@@H]2OC(C)(C)OC2C1OCc1ccc(OC)cc1. The molecular formula is C28H36O8. The summed E-state index contributed by atoms with van der Waals surface area (Å²) in [5.74, 6) is -0.273. The average Bonchev–Trinajstić information content (AvgIpc) is 3.35. The van der Waals surface area contributed by atoms with E-state index in [-0.39, 0.29) is 12.4 Å². The van der Waals surface area contributed by atoms with E-state index in [9.17, 15) is 4.79 Å². The van der Waals surface area contributed by atoms with E-state index in [0.29, 0.717) is 26.2 Å². The first-order chi connectivity index (χ1) is 17.4. The van der Waals surface area contributed by atoms with Gasteiger partial charge in [0, 0.05) is 6.42 Å². The van der Waals surface area contributed by atoms with E-state index < -0.39 is 36.5 Å². The summed E-state index contributed by atoms with van der Waals surface area (Å²) in [4.78, 5) is 12.2. The van der Waals surface area contributed by atoms with Crippen molar-refractivity contribution in [1.82, 2.24) is 0 Å². The normalized spacial score (nSPS) is 25.3. The molecule has 0 amide bonds. The minimum atomic E-state index is -0.784. The molecule has 0 bridgehead atoms. The van der Waals surface area contributed by atoms with Crippen LogP contribution in [0.2, 0.25) is 0 Å². The van der Waals surface area contributed by atoms with E-state index in [1.165, 1.54) is 0 Å². The predicted molar refractivity (Wildman–Crippen MR) is 131 cm³/mol. The lowest BCUT2D eigenvalue weighted by Crippen LogP contribution is -2.44. The number of methoxy groups -OCH3 is 1. The summed E-state index contributed by atoms with van der Waals surface area (Å²) in [5.41, 5.74) is 2.02. The second kappa shape index (κ2) is 12.2. The summed E-state index contributed by atoms with van der Waals surface area (Å²) in [6, 6.07) is 17.6. The van der Waals surface area contributed by atoms with Crippen LogP contribution in [-0.4, -0.2) is 56.2 Å². The van der Waals surface area contributed by atoms with Crippen LogP contribution in [0.15, 0.2) is 54.6 Å². The Kier molecular flexibility index (Phi) is 8.98. The largest absolute Gasteiger partial charge is 0.497 e. The van der Waals surface area contributed by atoms with Crippen LogP contribution in [-0.2, 0) is 46.4 Å². The van der Waals surface area contributed by atoms with Crippen LogP contribution in [0, 0.1) is 0 Å². The molecule has 2 aliphatic rings. The van der Waals surface area contributed by atoms with E-state index in [1.54, 1.807) is 14.0 Å². The van der Waals surface area contributed by atoms with Gasteiger partial charge in [-0.3, -0.25) is 4.79 Å². The standard InChI is InChI=1S/C28H36O8/c1-5-31-23(29)16-15-22(32-17-19-9-7-6-8-10-19)24-25(26-27(34-24)36-28(2,3)35-26)33-18-20-11-13-21(30-4)14-12-20/h6-14,22,24-27H,5,15-18H2,1-4H3/t22-,24-,25?,26?,27-/m1/s1. The van der Waals surface area contributed by atoms with Crippen LogP contribution < -0.4 is 4.74 Å². The molecule has 0 saturated carbocycles. The Balaban J connectivity index is 1.51. The molecule has 2 aromatic carbocycles. The van der Waals surface area contributed by atoms with Gasteiger partial charge in [0.25, 0.3) is 0 Å². The monoisotopic (exact) mass is 500 g/mol. The molecule has 5 atom stereocenters.